The summed E-state index contributed by atoms with van der Waals surface area (Å²) in [6.07, 6.45) is 7.51. The Morgan fingerprint density at radius 1 is 0.595 bits per heavy atom. The van der Waals surface area contributed by atoms with Gasteiger partial charge in [0.2, 0.25) is 19.7 Å². The molecular weight excluding hydrogens is 576 g/mol. The van der Waals surface area contributed by atoms with Crippen LogP contribution in [0.25, 0.3) is 0 Å². The van der Waals surface area contributed by atoms with Gasteiger partial charge in [-0.25, -0.2) is 16.8 Å². The Bertz CT molecular complexity index is 1720. The lowest BCUT2D eigenvalue weighted by molar-refractivity contribution is 0.323. The smallest absolute Gasteiger partial charge is 0.206 e. The van der Waals surface area contributed by atoms with Gasteiger partial charge in [-0.2, -0.15) is 0 Å². The molecule has 0 amide bonds. The zero-order valence-electron chi connectivity index (χ0n) is 22.8. The minimum absolute atomic E-state index is 0.00863. The van der Waals surface area contributed by atoms with E-state index in [0.717, 1.165) is 0 Å². The van der Waals surface area contributed by atoms with Crippen molar-refractivity contribution in [1.29, 1.82) is 0 Å². The van der Waals surface area contributed by atoms with Gasteiger partial charge in [0.15, 0.2) is 0 Å². The van der Waals surface area contributed by atoms with E-state index in [2.05, 4.69) is 0 Å². The van der Waals surface area contributed by atoms with Gasteiger partial charge in [0.25, 0.3) is 0 Å². The van der Waals surface area contributed by atoms with Crippen LogP contribution in [0.5, 0.6) is 23.0 Å². The molecule has 0 aliphatic heterocycles. The van der Waals surface area contributed by atoms with Crippen molar-refractivity contribution < 1.29 is 36.2 Å². The molecule has 0 fully saturated rings. The molecule has 10 heteroatoms. The van der Waals surface area contributed by atoms with Crippen LogP contribution in [0.15, 0.2) is 141 Å². The van der Waals surface area contributed by atoms with Crippen LogP contribution in [-0.2, 0) is 19.7 Å². The largest absolute Gasteiger partial charge is 0.508 e. The quantitative estimate of drug-likeness (QED) is 0.106. The molecule has 0 aliphatic rings. The van der Waals surface area contributed by atoms with Crippen LogP contribution in [-0.4, -0.2) is 35.2 Å². The van der Waals surface area contributed by atoms with E-state index in [0.29, 0.717) is 36.9 Å². The van der Waals surface area contributed by atoms with Crippen LogP contribution < -0.4 is 14.2 Å². The van der Waals surface area contributed by atoms with Crippen molar-refractivity contribution in [3.8, 4) is 23.0 Å². The maximum absolute atomic E-state index is 13.0. The molecule has 42 heavy (non-hydrogen) atoms. The summed E-state index contributed by atoms with van der Waals surface area (Å²) in [4.78, 5) is 0.530. The maximum atomic E-state index is 13.0. The zero-order valence-corrected chi connectivity index (χ0v) is 24.4. The van der Waals surface area contributed by atoms with Crippen molar-refractivity contribution in [2.24, 2.45) is 0 Å². The summed E-state index contributed by atoms with van der Waals surface area (Å²) in [6.45, 7) is 2.64. The number of hydrogen-bond acceptors (Lipinski definition) is 8. The summed E-state index contributed by atoms with van der Waals surface area (Å²) in [5, 5.41) is 9.38. The highest BCUT2D eigenvalue weighted by Crippen LogP contribution is 2.26. The fraction of sp³-hybridized carbons (Fsp3) is 0.125. The predicted molar refractivity (Wildman–Crippen MR) is 159 cm³/mol. The van der Waals surface area contributed by atoms with E-state index in [9.17, 15) is 21.9 Å². The van der Waals surface area contributed by atoms with Gasteiger partial charge < -0.3 is 19.3 Å². The summed E-state index contributed by atoms with van der Waals surface area (Å²) in [6, 6.07) is 23.9. The van der Waals surface area contributed by atoms with Gasteiger partial charge in [-0.05, 0) is 110 Å². The Labute approximate surface area is 246 Å². The van der Waals surface area contributed by atoms with Gasteiger partial charge in [0, 0.05) is 6.42 Å². The Balaban J connectivity index is 1.24. The molecule has 4 aromatic rings. The van der Waals surface area contributed by atoms with Crippen molar-refractivity contribution >= 4 is 19.7 Å². The first kappa shape index (κ1) is 30.4. The SMILES string of the molecule is C/C=C/COc1ccc(S(=O)(=O)c2ccc(O/C=C/CCOc3ccc(S(=O)(=O)c4ccc(O)cc4)cc3)cc2)cc1. The number of ether oxygens (including phenoxy) is 3. The van der Waals surface area contributed by atoms with Crippen molar-refractivity contribution in [2.45, 2.75) is 32.9 Å². The number of allylic oxidation sites excluding steroid dienone is 1. The molecule has 0 atom stereocenters. The summed E-state index contributed by atoms with van der Waals surface area (Å²) in [5.41, 5.74) is 0. The highest BCUT2D eigenvalue weighted by Gasteiger charge is 2.18. The first-order chi connectivity index (χ1) is 20.2. The molecule has 0 spiro atoms. The van der Waals surface area contributed by atoms with Gasteiger partial charge in [-0.1, -0.05) is 12.2 Å². The van der Waals surface area contributed by atoms with E-state index in [-0.39, 0.29) is 25.3 Å². The molecule has 0 saturated heterocycles. The lowest BCUT2D eigenvalue weighted by Gasteiger charge is -2.08. The molecule has 0 radical (unpaired) electrons. The Morgan fingerprint density at radius 3 is 1.50 bits per heavy atom. The zero-order chi connectivity index (χ0) is 30.0. The number of aromatic hydroxyl groups is 1. The molecule has 1 N–H and O–H groups in total. The second-order valence-electron chi connectivity index (χ2n) is 8.92. The molecule has 0 bridgehead atoms. The third kappa shape index (κ3) is 7.80. The molecule has 4 rings (SSSR count). The van der Waals surface area contributed by atoms with Crippen molar-refractivity contribution in [3.63, 3.8) is 0 Å². The first-order valence-corrected chi connectivity index (χ1v) is 15.9. The van der Waals surface area contributed by atoms with Crippen molar-refractivity contribution in [2.75, 3.05) is 13.2 Å². The van der Waals surface area contributed by atoms with E-state index in [4.69, 9.17) is 14.2 Å². The van der Waals surface area contributed by atoms with Gasteiger partial charge >= 0.3 is 0 Å². The number of hydrogen-bond donors (Lipinski definition) is 1. The first-order valence-electron chi connectivity index (χ1n) is 13.0. The Morgan fingerprint density at radius 2 is 1.02 bits per heavy atom. The highest BCUT2D eigenvalue weighted by molar-refractivity contribution is 7.91. The molecular formula is C32H30O8S2. The Hall–Kier alpha value is -4.54. The van der Waals surface area contributed by atoms with Crippen LogP contribution >= 0.6 is 0 Å². The van der Waals surface area contributed by atoms with Gasteiger partial charge in [0.1, 0.15) is 29.6 Å². The second kappa shape index (κ2) is 13.9. The van der Waals surface area contributed by atoms with Crippen LogP contribution in [0.1, 0.15) is 13.3 Å². The van der Waals surface area contributed by atoms with Gasteiger partial charge in [0.05, 0.1) is 32.5 Å². The third-order valence-electron chi connectivity index (χ3n) is 5.98. The number of sulfone groups is 2. The van der Waals surface area contributed by atoms with E-state index in [1.165, 1.54) is 66.9 Å². The van der Waals surface area contributed by atoms with E-state index in [1.807, 2.05) is 19.1 Å². The number of phenols is 1. The average molecular weight is 607 g/mol. The van der Waals surface area contributed by atoms with Crippen molar-refractivity contribution in [3.05, 3.63) is 122 Å². The third-order valence-corrected chi connectivity index (χ3v) is 9.56. The molecule has 4 aromatic carbocycles. The van der Waals surface area contributed by atoms with Crippen molar-refractivity contribution in [1.82, 2.24) is 0 Å². The summed E-state index contributed by atoms with van der Waals surface area (Å²) < 4.78 is 68.1. The van der Waals surface area contributed by atoms with Crippen LogP contribution in [0, 0.1) is 0 Å². The predicted octanol–water partition coefficient (Wildman–Crippen LogP) is 6.37. The van der Waals surface area contributed by atoms with Gasteiger partial charge in [-0.15, -0.1) is 0 Å². The van der Waals surface area contributed by atoms with Gasteiger partial charge in [-0.3, -0.25) is 0 Å². The monoisotopic (exact) mass is 606 g/mol. The number of phenolic OH excluding ortho intramolecular Hbond substituents is 1. The molecule has 0 heterocycles. The van der Waals surface area contributed by atoms with Crippen LogP contribution in [0.2, 0.25) is 0 Å². The molecule has 0 saturated carbocycles. The lowest BCUT2D eigenvalue weighted by atomic mass is 10.3. The summed E-state index contributed by atoms with van der Waals surface area (Å²) in [5.74, 6) is 1.57. The number of benzene rings is 4. The molecule has 0 unspecified atom stereocenters. The van der Waals surface area contributed by atoms with Crippen LogP contribution in [0.3, 0.4) is 0 Å². The fourth-order valence-electron chi connectivity index (χ4n) is 3.70. The highest BCUT2D eigenvalue weighted by atomic mass is 32.2. The molecule has 218 valence electrons. The Kier molecular flexibility index (Phi) is 10.1. The van der Waals surface area contributed by atoms with E-state index in [1.54, 1.807) is 42.5 Å². The standard InChI is InChI=1S/C32H30O8S2/c1-2-3-22-38-26-8-16-31(17-9-26)42(36,37)32-20-12-28(13-21-32)40-24-5-4-23-39-27-10-18-30(19-11-27)41(34,35)29-14-6-25(33)7-15-29/h2-3,5-21,24,33H,4,22-23H2,1H3/b3-2+,24-5+. The minimum Gasteiger partial charge on any atom is -0.508 e. The average Bonchev–Trinajstić information content (AvgIpc) is 3.00. The molecule has 8 nitrogen and oxygen atoms in total. The van der Waals surface area contributed by atoms with Crippen LogP contribution in [0.4, 0.5) is 0 Å². The molecule has 0 aromatic heterocycles. The lowest BCUT2D eigenvalue weighted by Crippen LogP contribution is -2.02. The summed E-state index contributed by atoms with van der Waals surface area (Å²) >= 11 is 0. The fourth-order valence-corrected chi connectivity index (χ4v) is 6.23. The summed E-state index contributed by atoms with van der Waals surface area (Å²) in [7, 11) is -7.38. The van der Waals surface area contributed by atoms with E-state index < -0.39 is 19.7 Å². The second-order valence-corrected chi connectivity index (χ2v) is 12.8. The topological polar surface area (TPSA) is 116 Å². The minimum atomic E-state index is -3.70. The molecule has 0 aliphatic carbocycles. The maximum Gasteiger partial charge on any atom is 0.206 e. The number of rotatable bonds is 13. The van der Waals surface area contributed by atoms with E-state index >= 15 is 0 Å². The normalized spacial score (nSPS) is 12.0.